The van der Waals surface area contributed by atoms with Crippen molar-refractivity contribution >= 4 is 17.2 Å². The molecule has 0 unspecified atom stereocenters. The monoisotopic (exact) mass is 169 g/mol. The predicted molar refractivity (Wildman–Crippen MR) is 45.5 cm³/mol. The van der Waals surface area contributed by atoms with Crippen molar-refractivity contribution in [1.82, 2.24) is 9.97 Å². The highest BCUT2D eigenvalue weighted by Gasteiger charge is 1.98. The lowest BCUT2D eigenvalue weighted by molar-refractivity contribution is 1.02. The third-order valence-corrected chi connectivity index (χ3v) is 1.34. The molecule has 0 aromatic carbocycles. The van der Waals surface area contributed by atoms with E-state index in [-0.39, 0.29) is 4.99 Å². The van der Waals surface area contributed by atoms with E-state index in [2.05, 4.69) is 22.2 Å². The van der Waals surface area contributed by atoms with E-state index in [4.69, 9.17) is 5.73 Å². The normalized spacial score (nSPS) is 9.55. The van der Waals surface area contributed by atoms with Crippen molar-refractivity contribution in [3.8, 4) is 0 Å². The zero-order valence-corrected chi connectivity index (χ0v) is 6.73. The summed E-state index contributed by atoms with van der Waals surface area (Å²) < 4.78 is 0. The van der Waals surface area contributed by atoms with Crippen LogP contribution in [0.25, 0.3) is 0 Å². The first kappa shape index (κ1) is 7.87. The summed E-state index contributed by atoms with van der Waals surface area (Å²) in [6, 6.07) is 1.63. The van der Waals surface area contributed by atoms with Gasteiger partial charge in [0.2, 0.25) is 0 Å². The highest BCUT2D eigenvalue weighted by Crippen LogP contribution is 1.92. The molecule has 0 amide bonds. The van der Waals surface area contributed by atoms with Crippen molar-refractivity contribution in [1.29, 1.82) is 0 Å². The van der Waals surface area contributed by atoms with Gasteiger partial charge in [0.1, 0.15) is 10.7 Å². The Bertz CT molecular complexity index is 344. The number of rotatable bonds is 1. The molecule has 1 rings (SSSR count). The van der Waals surface area contributed by atoms with E-state index >= 15 is 0 Å². The zero-order valence-electron chi connectivity index (χ0n) is 5.92. The summed E-state index contributed by atoms with van der Waals surface area (Å²) in [5, 5.41) is 0. The molecule has 3 N–H and O–H groups in total. The minimum absolute atomic E-state index is 0.138. The maximum Gasteiger partial charge on any atom is 0.345 e. The van der Waals surface area contributed by atoms with Crippen LogP contribution in [0, 0.1) is 6.92 Å². The van der Waals surface area contributed by atoms with E-state index in [0.29, 0.717) is 11.4 Å². The van der Waals surface area contributed by atoms with Crippen LogP contribution >= 0.6 is 12.2 Å². The van der Waals surface area contributed by atoms with Gasteiger partial charge in [-0.1, -0.05) is 12.2 Å². The third kappa shape index (κ3) is 1.84. The zero-order chi connectivity index (χ0) is 8.43. The van der Waals surface area contributed by atoms with Gasteiger partial charge in [-0.25, -0.2) is 4.79 Å². The second-order valence-corrected chi connectivity index (χ2v) is 2.56. The number of hydrogen-bond acceptors (Lipinski definition) is 3. The number of H-pyrrole nitrogens is 1. The van der Waals surface area contributed by atoms with Gasteiger partial charge in [-0.05, 0) is 13.0 Å². The average molecular weight is 169 g/mol. The second kappa shape index (κ2) is 2.79. The van der Waals surface area contributed by atoms with Crippen LogP contribution in [0.4, 0.5) is 0 Å². The Kier molecular flexibility index (Phi) is 2.00. The molecular weight excluding hydrogens is 162 g/mol. The summed E-state index contributed by atoms with van der Waals surface area (Å²) in [6.45, 7) is 1.74. The number of aromatic amines is 1. The van der Waals surface area contributed by atoms with Gasteiger partial charge >= 0.3 is 5.69 Å². The molecule has 0 atom stereocenters. The summed E-state index contributed by atoms with van der Waals surface area (Å²) in [7, 11) is 0. The number of aromatic nitrogens is 2. The van der Waals surface area contributed by atoms with Crippen molar-refractivity contribution < 1.29 is 0 Å². The highest BCUT2D eigenvalue weighted by molar-refractivity contribution is 7.80. The van der Waals surface area contributed by atoms with Gasteiger partial charge in [-0.2, -0.15) is 4.98 Å². The fourth-order valence-corrected chi connectivity index (χ4v) is 0.810. The smallest absolute Gasteiger partial charge is 0.345 e. The first-order valence-corrected chi connectivity index (χ1v) is 3.38. The molecule has 1 heterocycles. The molecule has 0 fully saturated rings. The number of nitrogens with zero attached hydrogens (tertiary/aromatic N) is 1. The van der Waals surface area contributed by atoms with Gasteiger partial charge in [0.25, 0.3) is 0 Å². The van der Waals surface area contributed by atoms with Crippen molar-refractivity contribution in [2.24, 2.45) is 5.73 Å². The fourth-order valence-electron chi connectivity index (χ4n) is 0.706. The van der Waals surface area contributed by atoms with Gasteiger partial charge in [0.05, 0.1) is 0 Å². The fraction of sp³-hybridized carbons (Fsp3) is 0.167. The van der Waals surface area contributed by atoms with Crippen molar-refractivity contribution in [3.05, 3.63) is 27.9 Å². The van der Waals surface area contributed by atoms with Crippen LogP contribution in [0.15, 0.2) is 10.9 Å². The average Bonchev–Trinajstić information content (AvgIpc) is 1.85. The number of aryl methyl sites for hydroxylation is 1. The lowest BCUT2D eigenvalue weighted by Gasteiger charge is -1.96. The minimum Gasteiger partial charge on any atom is -0.388 e. The Labute approximate surface area is 68.5 Å². The van der Waals surface area contributed by atoms with Crippen LogP contribution in [0.2, 0.25) is 0 Å². The largest absolute Gasteiger partial charge is 0.388 e. The summed E-state index contributed by atoms with van der Waals surface area (Å²) in [5.74, 6) is 0. The second-order valence-electron chi connectivity index (χ2n) is 2.12. The maximum absolute atomic E-state index is 10.7. The summed E-state index contributed by atoms with van der Waals surface area (Å²) in [6.07, 6.45) is 0. The van der Waals surface area contributed by atoms with E-state index in [1.807, 2.05) is 0 Å². The van der Waals surface area contributed by atoms with Crippen LogP contribution in [0.1, 0.15) is 11.4 Å². The van der Waals surface area contributed by atoms with E-state index in [0.717, 1.165) is 0 Å². The van der Waals surface area contributed by atoms with Crippen molar-refractivity contribution in [2.75, 3.05) is 0 Å². The van der Waals surface area contributed by atoms with Crippen LogP contribution in [0.3, 0.4) is 0 Å². The molecule has 0 saturated heterocycles. The van der Waals surface area contributed by atoms with Gasteiger partial charge in [-0.3, -0.25) is 0 Å². The molecule has 58 valence electrons. The number of nitrogens with two attached hydrogens (primary N) is 1. The molecule has 0 aliphatic rings. The number of thiocarbonyl (C=S) groups is 1. The quantitative estimate of drug-likeness (QED) is 0.567. The lowest BCUT2D eigenvalue weighted by atomic mass is 10.3. The molecule has 0 aliphatic carbocycles. The summed E-state index contributed by atoms with van der Waals surface area (Å²) >= 11 is 4.64. The molecule has 1 aromatic heterocycles. The van der Waals surface area contributed by atoms with Gasteiger partial charge in [0.15, 0.2) is 0 Å². The van der Waals surface area contributed by atoms with Crippen LogP contribution in [-0.2, 0) is 0 Å². The van der Waals surface area contributed by atoms with Crippen LogP contribution in [-0.4, -0.2) is 15.0 Å². The summed E-state index contributed by atoms with van der Waals surface area (Å²) in [5.41, 5.74) is 5.91. The molecule has 0 bridgehead atoms. The standard InChI is InChI=1S/C6H7N3OS/c1-3-2-4(5(7)11)9-6(10)8-3/h2H,1H3,(H2,7,11)(H,8,9,10). The van der Waals surface area contributed by atoms with Gasteiger partial charge in [-0.15, -0.1) is 0 Å². The molecule has 1 aromatic rings. The van der Waals surface area contributed by atoms with E-state index in [1.54, 1.807) is 13.0 Å². The van der Waals surface area contributed by atoms with Crippen molar-refractivity contribution in [2.45, 2.75) is 6.92 Å². The van der Waals surface area contributed by atoms with Gasteiger partial charge in [0, 0.05) is 5.69 Å². The first-order valence-electron chi connectivity index (χ1n) is 2.97. The Balaban J connectivity index is 3.30. The molecule has 5 heteroatoms. The Morgan fingerprint density at radius 1 is 1.82 bits per heavy atom. The minimum atomic E-state index is -0.423. The Morgan fingerprint density at radius 2 is 2.45 bits per heavy atom. The third-order valence-electron chi connectivity index (χ3n) is 1.13. The summed E-state index contributed by atoms with van der Waals surface area (Å²) in [4.78, 5) is 16.9. The Morgan fingerprint density at radius 3 is 2.91 bits per heavy atom. The van der Waals surface area contributed by atoms with Crippen molar-refractivity contribution in [3.63, 3.8) is 0 Å². The molecule has 0 aliphatic heterocycles. The van der Waals surface area contributed by atoms with E-state index in [1.165, 1.54) is 0 Å². The molecule has 0 radical (unpaired) electrons. The molecule has 0 spiro atoms. The SMILES string of the molecule is Cc1cc(C(N)=S)nc(=O)[nH]1. The molecule has 11 heavy (non-hydrogen) atoms. The number of hydrogen-bond donors (Lipinski definition) is 2. The number of nitrogens with one attached hydrogen (secondary N) is 1. The first-order chi connectivity index (χ1) is 5.09. The molecule has 4 nitrogen and oxygen atoms in total. The molecular formula is C6H7N3OS. The lowest BCUT2D eigenvalue weighted by Crippen LogP contribution is -2.20. The maximum atomic E-state index is 10.7. The van der Waals surface area contributed by atoms with Crippen LogP contribution in [0.5, 0.6) is 0 Å². The predicted octanol–water partition coefficient (Wildman–Crippen LogP) is -0.287. The van der Waals surface area contributed by atoms with Gasteiger partial charge < -0.3 is 10.7 Å². The molecule has 0 saturated carbocycles. The highest BCUT2D eigenvalue weighted by atomic mass is 32.1. The topological polar surface area (TPSA) is 71.8 Å². The van der Waals surface area contributed by atoms with E-state index < -0.39 is 5.69 Å². The van der Waals surface area contributed by atoms with Crippen LogP contribution < -0.4 is 11.4 Å². The van der Waals surface area contributed by atoms with E-state index in [9.17, 15) is 4.79 Å². The Hall–Kier alpha value is -1.23.